The van der Waals surface area contributed by atoms with Gasteiger partial charge in [0.25, 0.3) is 11.8 Å². The number of urea groups is 1. The Balaban J connectivity index is 1.66. The van der Waals surface area contributed by atoms with E-state index in [0.29, 0.717) is 27.2 Å². The van der Waals surface area contributed by atoms with Crippen LogP contribution < -0.4 is 25.4 Å². The molecule has 1 aliphatic rings. The van der Waals surface area contributed by atoms with E-state index in [-0.39, 0.29) is 18.2 Å². The third-order valence-electron chi connectivity index (χ3n) is 3.74. The van der Waals surface area contributed by atoms with Crippen molar-refractivity contribution in [3.05, 3.63) is 58.2 Å². The summed E-state index contributed by atoms with van der Waals surface area (Å²) in [5.74, 6) is 0.106. The summed E-state index contributed by atoms with van der Waals surface area (Å²) >= 11 is 3.38. The van der Waals surface area contributed by atoms with Gasteiger partial charge in [-0.2, -0.15) is 0 Å². The van der Waals surface area contributed by atoms with Crippen LogP contribution in [0.25, 0.3) is 6.08 Å². The molecule has 0 spiro atoms. The summed E-state index contributed by atoms with van der Waals surface area (Å²) in [5.41, 5.74) is 1.27. The molecule has 3 rings (SSSR count). The molecule has 0 unspecified atom stereocenters. The number of benzene rings is 2. The number of nitrogens with one attached hydrogen (secondary N) is 3. The van der Waals surface area contributed by atoms with Crippen LogP contribution in [-0.4, -0.2) is 31.6 Å². The van der Waals surface area contributed by atoms with E-state index in [1.807, 2.05) is 0 Å². The van der Waals surface area contributed by atoms with E-state index in [1.54, 1.807) is 42.5 Å². The minimum absolute atomic E-state index is 0.122. The first-order valence-electron chi connectivity index (χ1n) is 8.15. The Morgan fingerprint density at radius 2 is 1.96 bits per heavy atom. The topological polar surface area (TPSA) is 106 Å². The number of anilines is 1. The number of carbonyl (C=O) groups is 3. The maximum Gasteiger partial charge on any atom is 0.326 e. The SMILES string of the molecule is COc1ccccc1NC(=O)COc1ccc(Br)c(C=C2NC(=O)NC2=O)c1. The molecular weight excluding hydrogens is 430 g/mol. The third-order valence-corrected chi connectivity index (χ3v) is 4.46. The molecule has 9 heteroatoms. The van der Waals surface area contributed by atoms with Crippen molar-refractivity contribution in [2.75, 3.05) is 19.0 Å². The van der Waals surface area contributed by atoms with Crippen molar-refractivity contribution in [3.8, 4) is 11.5 Å². The van der Waals surface area contributed by atoms with E-state index in [0.717, 1.165) is 0 Å². The molecule has 1 saturated heterocycles. The molecule has 8 nitrogen and oxygen atoms in total. The first-order valence-corrected chi connectivity index (χ1v) is 8.95. The minimum atomic E-state index is -0.576. The highest BCUT2D eigenvalue weighted by atomic mass is 79.9. The molecule has 1 aliphatic heterocycles. The molecule has 0 saturated carbocycles. The number of ether oxygens (including phenoxy) is 2. The standard InChI is InChI=1S/C19H16BrN3O5/c1-27-16-5-3-2-4-14(16)21-17(24)10-28-12-6-7-13(20)11(8-12)9-15-18(25)23-19(26)22-15/h2-9H,10H2,1H3,(H,21,24)(H2,22,23,25,26). The van der Waals surface area contributed by atoms with Gasteiger partial charge >= 0.3 is 6.03 Å². The van der Waals surface area contributed by atoms with Crippen molar-refractivity contribution < 1.29 is 23.9 Å². The maximum absolute atomic E-state index is 12.2. The van der Waals surface area contributed by atoms with Gasteiger partial charge in [-0.15, -0.1) is 0 Å². The van der Waals surface area contributed by atoms with Gasteiger partial charge in [-0.25, -0.2) is 4.79 Å². The van der Waals surface area contributed by atoms with E-state index in [4.69, 9.17) is 9.47 Å². The number of para-hydroxylation sites is 2. The number of methoxy groups -OCH3 is 1. The van der Waals surface area contributed by atoms with Crippen LogP contribution in [0.3, 0.4) is 0 Å². The highest BCUT2D eigenvalue weighted by Crippen LogP contribution is 2.26. The second-order valence-corrected chi connectivity index (χ2v) is 6.54. The van der Waals surface area contributed by atoms with Gasteiger partial charge in [0, 0.05) is 4.47 Å². The molecule has 0 aliphatic carbocycles. The monoisotopic (exact) mass is 445 g/mol. The zero-order valence-electron chi connectivity index (χ0n) is 14.7. The van der Waals surface area contributed by atoms with Crippen LogP contribution in [-0.2, 0) is 9.59 Å². The van der Waals surface area contributed by atoms with E-state index in [2.05, 4.69) is 31.9 Å². The van der Waals surface area contributed by atoms with Gasteiger partial charge in [-0.05, 0) is 42.0 Å². The highest BCUT2D eigenvalue weighted by molar-refractivity contribution is 9.10. The van der Waals surface area contributed by atoms with E-state index in [1.165, 1.54) is 13.2 Å². The fraction of sp³-hybridized carbons (Fsp3) is 0.105. The minimum Gasteiger partial charge on any atom is -0.495 e. The summed E-state index contributed by atoms with van der Waals surface area (Å²) in [7, 11) is 1.52. The molecule has 0 aromatic heterocycles. The quantitative estimate of drug-likeness (QED) is 0.468. The number of carbonyl (C=O) groups excluding carboxylic acids is 3. The van der Waals surface area contributed by atoms with Gasteiger partial charge in [0.2, 0.25) is 0 Å². The van der Waals surface area contributed by atoms with Crippen LogP contribution in [0.15, 0.2) is 52.6 Å². The number of rotatable bonds is 6. The molecule has 0 atom stereocenters. The van der Waals surface area contributed by atoms with Gasteiger partial charge in [-0.3, -0.25) is 14.9 Å². The summed E-state index contributed by atoms with van der Waals surface area (Å²) in [6.07, 6.45) is 1.51. The summed E-state index contributed by atoms with van der Waals surface area (Å²) in [5, 5.41) is 7.25. The first kappa shape index (κ1) is 19.4. The molecule has 0 radical (unpaired) electrons. The molecule has 3 N–H and O–H groups in total. The van der Waals surface area contributed by atoms with Gasteiger partial charge in [-0.1, -0.05) is 28.1 Å². The lowest BCUT2D eigenvalue weighted by atomic mass is 10.2. The number of hydrogen-bond acceptors (Lipinski definition) is 5. The Bertz CT molecular complexity index is 974. The van der Waals surface area contributed by atoms with E-state index >= 15 is 0 Å². The molecule has 2 aromatic carbocycles. The second-order valence-electron chi connectivity index (χ2n) is 5.69. The van der Waals surface area contributed by atoms with Crippen molar-refractivity contribution in [1.82, 2.24) is 10.6 Å². The Kier molecular flexibility index (Phi) is 5.95. The van der Waals surface area contributed by atoms with Crippen LogP contribution in [0.4, 0.5) is 10.5 Å². The Hall–Kier alpha value is -3.33. The first-order chi connectivity index (χ1) is 13.5. The largest absolute Gasteiger partial charge is 0.495 e. The van der Waals surface area contributed by atoms with Crippen LogP contribution in [0.1, 0.15) is 5.56 Å². The van der Waals surface area contributed by atoms with Crippen molar-refractivity contribution >= 4 is 45.5 Å². The van der Waals surface area contributed by atoms with Gasteiger partial charge < -0.3 is 20.1 Å². The van der Waals surface area contributed by atoms with Crippen molar-refractivity contribution in [2.45, 2.75) is 0 Å². The van der Waals surface area contributed by atoms with E-state index in [9.17, 15) is 14.4 Å². The molecule has 144 valence electrons. The van der Waals surface area contributed by atoms with Gasteiger partial charge in [0.05, 0.1) is 12.8 Å². The fourth-order valence-corrected chi connectivity index (χ4v) is 2.80. The van der Waals surface area contributed by atoms with E-state index < -0.39 is 11.9 Å². The van der Waals surface area contributed by atoms with Crippen molar-refractivity contribution in [3.63, 3.8) is 0 Å². The smallest absolute Gasteiger partial charge is 0.326 e. The Morgan fingerprint density at radius 3 is 2.68 bits per heavy atom. The summed E-state index contributed by atoms with van der Waals surface area (Å²) < 4.78 is 11.4. The highest BCUT2D eigenvalue weighted by Gasteiger charge is 2.23. The predicted molar refractivity (Wildman–Crippen MR) is 106 cm³/mol. The number of imide groups is 1. The second kappa shape index (κ2) is 8.57. The number of amides is 4. The summed E-state index contributed by atoms with van der Waals surface area (Å²) in [6.45, 7) is -0.215. The third kappa shape index (κ3) is 4.68. The van der Waals surface area contributed by atoms with Crippen LogP contribution in [0.5, 0.6) is 11.5 Å². The Labute approximate surface area is 169 Å². The molecular formula is C19H16BrN3O5. The lowest BCUT2D eigenvalue weighted by molar-refractivity contribution is -0.118. The zero-order chi connectivity index (χ0) is 20.1. The molecule has 1 fully saturated rings. The number of halogens is 1. The maximum atomic E-state index is 12.2. The van der Waals surface area contributed by atoms with Gasteiger partial charge in [0.1, 0.15) is 17.2 Å². The van der Waals surface area contributed by atoms with Gasteiger partial charge in [0.15, 0.2) is 6.61 Å². The van der Waals surface area contributed by atoms with Crippen molar-refractivity contribution in [2.24, 2.45) is 0 Å². The molecule has 1 heterocycles. The molecule has 2 aromatic rings. The average Bonchev–Trinajstić information content (AvgIpc) is 2.99. The lowest BCUT2D eigenvalue weighted by Crippen LogP contribution is -2.22. The Morgan fingerprint density at radius 1 is 1.18 bits per heavy atom. The van der Waals surface area contributed by atoms with Crippen molar-refractivity contribution in [1.29, 1.82) is 0 Å². The van der Waals surface area contributed by atoms with Crippen LogP contribution in [0.2, 0.25) is 0 Å². The lowest BCUT2D eigenvalue weighted by Gasteiger charge is -2.11. The molecule has 28 heavy (non-hydrogen) atoms. The summed E-state index contributed by atoms with van der Waals surface area (Å²) in [6, 6.07) is 11.5. The molecule has 4 amide bonds. The number of hydrogen-bond donors (Lipinski definition) is 3. The fourth-order valence-electron chi connectivity index (χ4n) is 2.44. The normalized spacial score (nSPS) is 14.4. The predicted octanol–water partition coefficient (Wildman–Crippen LogP) is 2.66. The summed E-state index contributed by atoms with van der Waals surface area (Å²) in [4.78, 5) is 35.0. The molecule has 0 bridgehead atoms. The average molecular weight is 446 g/mol. The zero-order valence-corrected chi connectivity index (χ0v) is 16.3. The van der Waals surface area contributed by atoms with Crippen LogP contribution >= 0.6 is 15.9 Å². The van der Waals surface area contributed by atoms with Crippen LogP contribution in [0, 0.1) is 0 Å².